The van der Waals surface area contributed by atoms with Gasteiger partial charge in [-0.05, 0) is 19.3 Å². The number of urea groups is 1. The Hall–Kier alpha value is -0.150. The lowest BCUT2D eigenvalue weighted by molar-refractivity contribution is 0.205. The number of hydrogen-bond donors (Lipinski definition) is 1. The first kappa shape index (κ1) is 13.4. The summed E-state index contributed by atoms with van der Waals surface area (Å²) in [6, 6.07) is -0.300. The normalized spacial score (nSPS) is 16.2. The Kier molecular flexibility index (Phi) is 8.01. The molecule has 1 radical (unpaired) electrons. The van der Waals surface area contributed by atoms with Crippen LogP contribution >= 0.6 is 24.8 Å². The number of piperidine rings is 1. The van der Waals surface area contributed by atoms with Gasteiger partial charge in [-0.15, -0.1) is 24.8 Å². The smallest absolute Gasteiger partial charge is 0.314 e. The molecule has 1 saturated heterocycles. The number of hydrogen-bond acceptors (Lipinski definition) is 1. The van der Waals surface area contributed by atoms with E-state index in [0.717, 1.165) is 25.9 Å². The zero-order valence-corrected chi connectivity index (χ0v) is 7.79. The van der Waals surface area contributed by atoms with Crippen molar-refractivity contribution in [3.63, 3.8) is 0 Å². The van der Waals surface area contributed by atoms with E-state index >= 15 is 0 Å². The van der Waals surface area contributed by atoms with Crippen LogP contribution in [0.3, 0.4) is 0 Å². The summed E-state index contributed by atoms with van der Waals surface area (Å²) in [6.45, 7) is 1.56. The van der Waals surface area contributed by atoms with Crippen molar-refractivity contribution in [3.8, 4) is 0 Å². The molecule has 0 unspecified atom stereocenters. The predicted molar refractivity (Wildman–Crippen MR) is 49.2 cm³/mol. The molecular weight excluding hydrogens is 187 g/mol. The molecule has 0 saturated carbocycles. The molecule has 0 atom stereocenters. The maximum Gasteiger partial charge on any atom is 0.314 e. The van der Waals surface area contributed by atoms with E-state index in [1.165, 1.54) is 0 Å². The minimum Gasteiger partial charge on any atom is -0.351 e. The summed E-state index contributed by atoms with van der Waals surface area (Å²) in [5.74, 6) is 0. The fraction of sp³-hybridized carbons (Fsp3) is 0.667. The van der Waals surface area contributed by atoms with Crippen LogP contribution in [0.25, 0.3) is 0 Å². The third-order valence-corrected chi connectivity index (χ3v) is 1.50. The first-order valence-corrected chi connectivity index (χ1v) is 3.17. The minimum absolute atomic E-state index is 0. The van der Waals surface area contributed by atoms with Crippen LogP contribution in [-0.4, -0.2) is 24.0 Å². The number of likely N-dealkylation sites (tertiary alicyclic amines) is 1. The second-order valence-corrected chi connectivity index (χ2v) is 2.22. The molecule has 3 nitrogen and oxygen atoms in total. The van der Waals surface area contributed by atoms with Crippen LogP contribution in [0.4, 0.5) is 4.79 Å². The monoisotopic (exact) mass is 199 g/mol. The number of carbonyl (C=O) groups is 1. The Labute approximate surface area is 79.1 Å². The Balaban J connectivity index is 0. The molecule has 5 heteroatoms. The highest BCUT2D eigenvalue weighted by molar-refractivity contribution is 5.85. The molecule has 2 amide bonds. The van der Waals surface area contributed by atoms with Crippen molar-refractivity contribution < 1.29 is 4.79 Å². The van der Waals surface area contributed by atoms with Gasteiger partial charge >= 0.3 is 6.03 Å². The van der Waals surface area contributed by atoms with Crippen molar-refractivity contribution in [1.29, 1.82) is 0 Å². The van der Waals surface area contributed by atoms with E-state index in [4.69, 9.17) is 5.73 Å². The van der Waals surface area contributed by atoms with Crippen LogP contribution in [0.15, 0.2) is 0 Å². The first-order chi connectivity index (χ1) is 4.30. The molecule has 0 aromatic heterocycles. The van der Waals surface area contributed by atoms with Gasteiger partial charge < -0.3 is 10.6 Å². The Bertz CT molecular complexity index is 115. The van der Waals surface area contributed by atoms with Crippen molar-refractivity contribution in [2.75, 3.05) is 13.1 Å². The lowest BCUT2D eigenvalue weighted by Gasteiger charge is -2.23. The van der Waals surface area contributed by atoms with Gasteiger partial charge in [-0.3, -0.25) is 0 Å². The number of halogens is 2. The Morgan fingerprint density at radius 2 is 2.09 bits per heavy atom. The van der Waals surface area contributed by atoms with Gasteiger partial charge in [0.1, 0.15) is 0 Å². The fourth-order valence-corrected chi connectivity index (χ4v) is 0.965. The second kappa shape index (κ2) is 6.55. The first-order valence-electron chi connectivity index (χ1n) is 3.17. The molecule has 1 aliphatic heterocycles. The van der Waals surface area contributed by atoms with Gasteiger partial charge in [0.15, 0.2) is 0 Å². The van der Waals surface area contributed by atoms with Crippen molar-refractivity contribution in [1.82, 2.24) is 4.90 Å². The third-order valence-electron chi connectivity index (χ3n) is 1.50. The van der Waals surface area contributed by atoms with Crippen LogP contribution in [-0.2, 0) is 0 Å². The lowest BCUT2D eigenvalue weighted by Crippen LogP contribution is -2.39. The quantitative estimate of drug-likeness (QED) is 0.627. The number of rotatable bonds is 0. The highest BCUT2D eigenvalue weighted by atomic mass is 35.5. The highest BCUT2D eigenvalue weighted by Gasteiger charge is 2.12. The van der Waals surface area contributed by atoms with Gasteiger partial charge in [0.2, 0.25) is 0 Å². The summed E-state index contributed by atoms with van der Waals surface area (Å²) in [4.78, 5) is 12.1. The highest BCUT2D eigenvalue weighted by Crippen LogP contribution is 2.05. The number of nitrogens with zero attached hydrogens (tertiary/aromatic N) is 1. The standard InChI is InChI=1S/C6H11N2O.2ClH/c7-6(9)8-4-2-1-3-5-8;;/h2H,1,3-5H2,(H2,7,9);2*1H. The zero-order chi connectivity index (χ0) is 6.69. The van der Waals surface area contributed by atoms with Crippen LogP contribution in [0.2, 0.25) is 0 Å². The van der Waals surface area contributed by atoms with E-state index < -0.39 is 0 Å². The molecule has 11 heavy (non-hydrogen) atoms. The van der Waals surface area contributed by atoms with Crippen molar-refractivity contribution in [3.05, 3.63) is 6.42 Å². The second-order valence-electron chi connectivity index (χ2n) is 2.22. The molecule has 1 rings (SSSR count). The molecule has 0 bridgehead atoms. The molecule has 0 spiro atoms. The lowest BCUT2D eigenvalue weighted by atomic mass is 10.1. The van der Waals surface area contributed by atoms with Crippen LogP contribution in [0.5, 0.6) is 0 Å². The van der Waals surface area contributed by atoms with Crippen molar-refractivity contribution in [2.45, 2.75) is 12.8 Å². The fourth-order valence-electron chi connectivity index (χ4n) is 0.965. The van der Waals surface area contributed by atoms with Crippen LogP contribution < -0.4 is 5.73 Å². The maximum absolute atomic E-state index is 10.5. The van der Waals surface area contributed by atoms with Gasteiger partial charge in [-0.2, -0.15) is 0 Å². The molecule has 0 aromatic carbocycles. The molecule has 1 fully saturated rings. The summed E-state index contributed by atoms with van der Waals surface area (Å²) < 4.78 is 0. The van der Waals surface area contributed by atoms with E-state index in [1.54, 1.807) is 4.90 Å². The Morgan fingerprint density at radius 1 is 1.45 bits per heavy atom. The third kappa shape index (κ3) is 4.32. The topological polar surface area (TPSA) is 46.3 Å². The summed E-state index contributed by atoms with van der Waals surface area (Å²) in [5, 5.41) is 0. The molecule has 1 heterocycles. The molecule has 67 valence electrons. The van der Waals surface area contributed by atoms with E-state index in [1.807, 2.05) is 0 Å². The predicted octanol–water partition coefficient (Wildman–Crippen LogP) is 1.21. The zero-order valence-electron chi connectivity index (χ0n) is 6.16. The number of nitrogens with two attached hydrogens (primary N) is 1. The van der Waals surface area contributed by atoms with Crippen LogP contribution in [0.1, 0.15) is 12.8 Å². The van der Waals surface area contributed by atoms with Crippen molar-refractivity contribution >= 4 is 30.8 Å². The summed E-state index contributed by atoms with van der Waals surface area (Å²) in [7, 11) is 0. The largest absolute Gasteiger partial charge is 0.351 e. The van der Waals surface area contributed by atoms with E-state index in [-0.39, 0.29) is 30.8 Å². The van der Waals surface area contributed by atoms with Gasteiger partial charge in [-0.25, -0.2) is 4.79 Å². The summed E-state index contributed by atoms with van der Waals surface area (Å²) in [6.07, 6.45) is 4.25. The minimum atomic E-state index is -0.300. The van der Waals surface area contributed by atoms with Crippen molar-refractivity contribution in [2.24, 2.45) is 5.73 Å². The Morgan fingerprint density at radius 3 is 2.36 bits per heavy atom. The molecule has 0 aliphatic carbocycles. The van der Waals surface area contributed by atoms with Gasteiger partial charge in [0, 0.05) is 13.1 Å². The summed E-state index contributed by atoms with van der Waals surface area (Å²) in [5.41, 5.74) is 5.03. The number of amides is 2. The van der Waals surface area contributed by atoms with E-state index in [2.05, 4.69) is 6.42 Å². The SMILES string of the molecule is Cl.Cl.NC(=O)N1C[CH]CCC1. The molecule has 2 N–H and O–H groups in total. The molecule has 1 aliphatic rings. The average molecular weight is 200 g/mol. The van der Waals surface area contributed by atoms with Gasteiger partial charge in [0.25, 0.3) is 0 Å². The van der Waals surface area contributed by atoms with E-state index in [9.17, 15) is 4.79 Å². The van der Waals surface area contributed by atoms with Gasteiger partial charge in [0.05, 0.1) is 0 Å². The average Bonchev–Trinajstić information content (AvgIpc) is 1.90. The molecule has 0 aromatic rings. The van der Waals surface area contributed by atoms with Gasteiger partial charge in [-0.1, -0.05) is 0 Å². The number of primary amides is 1. The van der Waals surface area contributed by atoms with Crippen LogP contribution in [0, 0.1) is 6.42 Å². The summed E-state index contributed by atoms with van der Waals surface area (Å²) >= 11 is 0. The number of carbonyl (C=O) groups excluding carboxylic acids is 1. The van der Waals surface area contributed by atoms with E-state index in [0.29, 0.717) is 0 Å². The molecular formula is C6H13Cl2N2O. The maximum atomic E-state index is 10.5.